The highest BCUT2D eigenvalue weighted by Crippen LogP contribution is 2.45. The second kappa shape index (κ2) is 16.7. The maximum Gasteiger partial charge on any atom is 0.0419 e. The molecule has 0 atom stereocenters. The summed E-state index contributed by atoms with van der Waals surface area (Å²) in [7, 11) is 0. The Labute approximate surface area is 418 Å². The first-order chi connectivity index (χ1) is 18.2. The third kappa shape index (κ3) is 8.45. The Morgan fingerprint density at radius 2 is 0.487 bits per heavy atom. The maximum atomic E-state index is 3.71. The molecule has 4 aromatic rings. The Morgan fingerprint density at radius 1 is 0.282 bits per heavy atom. The standard InChI is InChI=1S/C24H5I14N/c25-7-1-5(2-8(26)11(7)13-15(29)19(33)23(37)20(34)16(13)30)39-6-3-9(27)12(10(28)4-6)14-17(31)21(35)24(38)22(36)18(14)32/h1-4,39H. The molecule has 0 amide bonds. The maximum absolute atomic E-state index is 3.71. The van der Waals surface area contributed by atoms with E-state index < -0.39 is 0 Å². The lowest BCUT2D eigenvalue weighted by atomic mass is 10.0. The predicted octanol–water partition coefficient (Wildman–Crippen LogP) is 15.2. The molecule has 4 rings (SSSR count). The highest BCUT2D eigenvalue weighted by molar-refractivity contribution is 14.1. The summed E-state index contributed by atoms with van der Waals surface area (Å²) in [6.45, 7) is 0. The van der Waals surface area contributed by atoms with Gasteiger partial charge in [0.15, 0.2) is 0 Å². The molecule has 0 aliphatic carbocycles. The first-order valence-corrected chi connectivity index (χ1v) is 25.1. The Kier molecular flexibility index (Phi) is 16.6. The monoisotopic (exact) mass is 2080 g/mol. The molecule has 0 saturated carbocycles. The molecule has 0 unspecified atom stereocenters. The van der Waals surface area contributed by atoms with Gasteiger partial charge in [-0.15, -0.1) is 0 Å². The normalized spacial score (nSPS) is 11.3. The molecule has 0 bridgehead atoms. The molecule has 0 fully saturated rings. The summed E-state index contributed by atoms with van der Waals surface area (Å²) in [6.07, 6.45) is 0. The molecule has 15 heteroatoms. The number of halogens is 14. The van der Waals surface area contributed by atoms with Crippen LogP contribution in [0.4, 0.5) is 11.4 Å². The van der Waals surface area contributed by atoms with Crippen LogP contribution in [0.5, 0.6) is 0 Å². The van der Waals surface area contributed by atoms with E-state index in [0.29, 0.717) is 0 Å². The van der Waals surface area contributed by atoms with Crippen molar-refractivity contribution in [3.8, 4) is 22.3 Å². The van der Waals surface area contributed by atoms with E-state index in [1.165, 1.54) is 72.2 Å². The second-order valence-corrected chi connectivity index (χ2v) is 23.1. The van der Waals surface area contributed by atoms with Crippen LogP contribution in [0.15, 0.2) is 24.3 Å². The van der Waals surface area contributed by atoms with Crippen LogP contribution in [0.25, 0.3) is 22.3 Å². The molecule has 0 spiro atoms. The number of hydrogen-bond acceptors (Lipinski definition) is 1. The molecule has 0 aromatic heterocycles. The van der Waals surface area contributed by atoms with Crippen molar-refractivity contribution >= 4 is 328 Å². The molecular formula is C24H5I14N. The SMILES string of the molecule is Ic1cc(Nc2cc(I)c(-c3c(I)c(I)c(I)c(I)c3I)c(I)c2)cc(I)c1-c1c(I)c(I)c(I)c(I)c1I. The van der Waals surface area contributed by atoms with E-state index in [2.05, 4.69) is 346 Å². The minimum atomic E-state index is 1.11. The highest BCUT2D eigenvalue weighted by atomic mass is 127. The average molecular weight is 2080 g/mol. The lowest BCUT2D eigenvalue weighted by molar-refractivity contribution is 1.39. The van der Waals surface area contributed by atoms with Gasteiger partial charge in [-0.05, 0) is 341 Å². The van der Waals surface area contributed by atoms with Crippen molar-refractivity contribution in [3.63, 3.8) is 0 Å². The summed E-state index contributed by atoms with van der Waals surface area (Å²) in [5, 5.41) is 3.71. The quantitative estimate of drug-likeness (QED) is 0.122. The number of hydrogen-bond donors (Lipinski definition) is 1. The molecule has 0 aliphatic heterocycles. The van der Waals surface area contributed by atoms with Crippen LogP contribution in [-0.4, -0.2) is 0 Å². The highest BCUT2D eigenvalue weighted by Gasteiger charge is 2.24. The van der Waals surface area contributed by atoms with Gasteiger partial charge in [-0.2, -0.15) is 0 Å². The molecule has 204 valence electrons. The number of nitrogens with one attached hydrogen (secondary N) is 1. The molecule has 0 aliphatic rings. The van der Waals surface area contributed by atoms with Crippen molar-refractivity contribution in [2.24, 2.45) is 0 Å². The zero-order valence-electron chi connectivity index (χ0n) is 18.1. The minimum Gasteiger partial charge on any atom is -0.355 e. The second-order valence-electron chi connectivity index (χ2n) is 7.64. The number of rotatable bonds is 4. The van der Waals surface area contributed by atoms with E-state index in [9.17, 15) is 0 Å². The summed E-state index contributed by atoms with van der Waals surface area (Å²) in [5.74, 6) is 0. The van der Waals surface area contributed by atoms with Gasteiger partial charge in [0, 0.05) is 83.6 Å². The van der Waals surface area contributed by atoms with E-state index in [-0.39, 0.29) is 0 Å². The summed E-state index contributed by atoms with van der Waals surface area (Å²) in [6, 6.07) is 9.08. The smallest absolute Gasteiger partial charge is 0.0419 e. The Morgan fingerprint density at radius 3 is 0.718 bits per heavy atom. The Bertz CT molecular complexity index is 1450. The first-order valence-electron chi connectivity index (χ1n) is 9.96. The summed E-state index contributed by atoms with van der Waals surface area (Å²) in [5.41, 5.74) is 7.52. The fraction of sp³-hybridized carbons (Fsp3) is 0. The van der Waals surface area contributed by atoms with Gasteiger partial charge >= 0.3 is 0 Å². The molecular weight excluding hydrogens is 2080 g/mol. The Hall–Kier alpha value is 6.90. The molecule has 39 heavy (non-hydrogen) atoms. The van der Waals surface area contributed by atoms with Crippen molar-refractivity contribution < 1.29 is 0 Å². The van der Waals surface area contributed by atoms with Crippen molar-refractivity contribution in [2.75, 3.05) is 5.32 Å². The molecule has 4 aromatic carbocycles. The topological polar surface area (TPSA) is 12.0 Å². The summed E-state index contributed by atoms with van der Waals surface area (Å²) < 4.78 is 18.3. The van der Waals surface area contributed by atoms with Crippen LogP contribution in [0.3, 0.4) is 0 Å². The van der Waals surface area contributed by atoms with Crippen LogP contribution < -0.4 is 5.32 Å². The molecule has 0 heterocycles. The summed E-state index contributed by atoms with van der Waals surface area (Å²) in [4.78, 5) is 0. The minimum absolute atomic E-state index is 1.11. The van der Waals surface area contributed by atoms with Gasteiger partial charge in [0.05, 0.1) is 0 Å². The van der Waals surface area contributed by atoms with Gasteiger partial charge in [-0.3, -0.25) is 0 Å². The van der Waals surface area contributed by atoms with Crippen LogP contribution in [0.1, 0.15) is 0 Å². The number of anilines is 2. The van der Waals surface area contributed by atoms with Gasteiger partial charge in [-0.1, -0.05) is 0 Å². The van der Waals surface area contributed by atoms with Crippen LogP contribution in [0, 0.1) is 50.0 Å². The van der Waals surface area contributed by atoms with Crippen molar-refractivity contribution in [1.82, 2.24) is 0 Å². The first kappa shape index (κ1) is 38.7. The van der Waals surface area contributed by atoms with Gasteiger partial charge in [0.1, 0.15) is 0 Å². The zero-order chi connectivity index (χ0) is 29.1. The molecule has 0 radical (unpaired) electrons. The largest absolute Gasteiger partial charge is 0.355 e. The summed E-state index contributed by atoms with van der Waals surface area (Å²) >= 11 is 34.9. The van der Waals surface area contributed by atoms with E-state index >= 15 is 0 Å². The van der Waals surface area contributed by atoms with Gasteiger partial charge < -0.3 is 5.32 Å². The lowest BCUT2D eigenvalue weighted by Gasteiger charge is -2.19. The van der Waals surface area contributed by atoms with E-state index in [1.807, 2.05) is 0 Å². The fourth-order valence-electron chi connectivity index (χ4n) is 3.58. The van der Waals surface area contributed by atoms with E-state index in [4.69, 9.17) is 0 Å². The molecule has 1 N–H and O–H groups in total. The van der Waals surface area contributed by atoms with Crippen LogP contribution in [0.2, 0.25) is 0 Å². The molecule has 1 nitrogen and oxygen atoms in total. The van der Waals surface area contributed by atoms with Gasteiger partial charge in [0.2, 0.25) is 0 Å². The fourth-order valence-corrected chi connectivity index (χ4v) is 18.8. The average Bonchev–Trinajstić information content (AvgIpc) is 2.87. The number of benzene rings is 4. The van der Waals surface area contributed by atoms with Crippen molar-refractivity contribution in [1.29, 1.82) is 0 Å². The van der Waals surface area contributed by atoms with Crippen LogP contribution in [-0.2, 0) is 0 Å². The molecule has 0 saturated heterocycles. The van der Waals surface area contributed by atoms with Gasteiger partial charge in [0.25, 0.3) is 0 Å². The van der Waals surface area contributed by atoms with Crippen LogP contribution >= 0.6 is 316 Å². The Balaban J connectivity index is 1.78. The van der Waals surface area contributed by atoms with E-state index in [0.717, 1.165) is 11.4 Å². The lowest BCUT2D eigenvalue weighted by Crippen LogP contribution is -2.04. The third-order valence-electron chi connectivity index (χ3n) is 5.29. The van der Waals surface area contributed by atoms with Crippen molar-refractivity contribution in [2.45, 2.75) is 0 Å². The van der Waals surface area contributed by atoms with Gasteiger partial charge in [-0.25, -0.2) is 0 Å². The predicted molar refractivity (Wildman–Crippen MR) is 285 cm³/mol. The van der Waals surface area contributed by atoms with Crippen molar-refractivity contribution in [3.05, 3.63) is 74.2 Å². The third-order valence-corrected chi connectivity index (χ3v) is 27.7. The zero-order valence-corrected chi connectivity index (χ0v) is 48.3. The van der Waals surface area contributed by atoms with E-state index in [1.54, 1.807) is 0 Å².